The summed E-state index contributed by atoms with van der Waals surface area (Å²) in [7, 11) is 0. The summed E-state index contributed by atoms with van der Waals surface area (Å²) in [6.45, 7) is 1.52. The second-order valence-corrected chi connectivity index (χ2v) is 7.21. The van der Waals surface area contributed by atoms with E-state index in [0.29, 0.717) is 22.5 Å². The van der Waals surface area contributed by atoms with E-state index in [9.17, 15) is 0 Å². The summed E-state index contributed by atoms with van der Waals surface area (Å²) < 4.78 is 0. The average molecular weight is 385 g/mol. The minimum Gasteiger partial charge on any atom is -0.369 e. The van der Waals surface area contributed by atoms with E-state index in [-0.39, 0.29) is 0 Å². The topological polar surface area (TPSA) is 49.8 Å². The highest BCUT2D eigenvalue weighted by atomic mass is 35.5. The van der Waals surface area contributed by atoms with Gasteiger partial charge in [-0.3, -0.25) is 0 Å². The number of hydrogen-bond donors (Lipinski definition) is 2. The monoisotopic (exact) mass is 384 g/mol. The van der Waals surface area contributed by atoms with Crippen LogP contribution in [0.15, 0.2) is 54.9 Å². The van der Waals surface area contributed by atoms with Gasteiger partial charge in [0, 0.05) is 41.4 Å². The minimum atomic E-state index is 0.437. The fourth-order valence-corrected chi connectivity index (χ4v) is 3.67. The number of rotatable bonds is 5. The van der Waals surface area contributed by atoms with Crippen molar-refractivity contribution in [3.05, 3.63) is 81.6 Å². The Bertz CT molecular complexity index is 912. The molecule has 0 fully saturated rings. The number of nitrogens with zero attached hydrogens (tertiary/aromatic N) is 2. The Morgan fingerprint density at radius 3 is 2.85 bits per heavy atom. The van der Waals surface area contributed by atoms with Crippen LogP contribution in [0.2, 0.25) is 10.0 Å². The summed E-state index contributed by atoms with van der Waals surface area (Å²) in [6, 6.07) is 13.8. The smallest absolute Gasteiger partial charge is 0.129 e. The lowest BCUT2D eigenvalue weighted by Gasteiger charge is -2.11. The molecule has 0 spiro atoms. The lowest BCUT2D eigenvalue weighted by molar-refractivity contribution is 0.749. The molecule has 26 heavy (non-hydrogen) atoms. The molecular formula is C20H18Cl2N4. The van der Waals surface area contributed by atoms with Gasteiger partial charge in [0.05, 0.1) is 0 Å². The number of pyridine rings is 2. The van der Waals surface area contributed by atoms with Crippen LogP contribution in [0.25, 0.3) is 0 Å². The first-order valence-electron chi connectivity index (χ1n) is 8.50. The highest BCUT2D eigenvalue weighted by Crippen LogP contribution is 2.31. The molecule has 132 valence electrons. The van der Waals surface area contributed by atoms with Crippen LogP contribution >= 0.6 is 23.2 Å². The van der Waals surface area contributed by atoms with Crippen molar-refractivity contribution >= 4 is 34.8 Å². The molecule has 6 heteroatoms. The van der Waals surface area contributed by atoms with Gasteiger partial charge in [0.1, 0.15) is 11.6 Å². The molecule has 1 atom stereocenters. The lowest BCUT2D eigenvalue weighted by Crippen LogP contribution is -2.06. The molecule has 1 aliphatic heterocycles. The molecule has 0 saturated heterocycles. The van der Waals surface area contributed by atoms with Crippen LogP contribution in [0.5, 0.6) is 0 Å². The molecule has 0 amide bonds. The lowest BCUT2D eigenvalue weighted by atomic mass is 9.96. The molecule has 1 aliphatic rings. The zero-order valence-corrected chi connectivity index (χ0v) is 15.6. The molecule has 4 rings (SSSR count). The molecule has 0 saturated carbocycles. The van der Waals surface area contributed by atoms with E-state index in [2.05, 4.69) is 32.7 Å². The van der Waals surface area contributed by atoms with E-state index < -0.39 is 0 Å². The summed E-state index contributed by atoms with van der Waals surface area (Å²) in [5.41, 5.74) is 3.48. The standard InChI is InChI=1S/C20H18Cl2N4/c21-16-5-4-14(18(22)9-16)11-25-19-6-3-13(10-24-19)8-15-12-26-20-17(15)2-1-7-23-20/h1-7,9-10,15H,8,11-12H2,(H,23,26)(H,24,25). The number of anilines is 2. The van der Waals surface area contributed by atoms with Crippen molar-refractivity contribution in [2.24, 2.45) is 0 Å². The Labute approximate surface area is 162 Å². The van der Waals surface area contributed by atoms with Gasteiger partial charge in [-0.05, 0) is 47.4 Å². The van der Waals surface area contributed by atoms with Gasteiger partial charge in [-0.15, -0.1) is 0 Å². The fourth-order valence-electron chi connectivity index (χ4n) is 3.19. The predicted octanol–water partition coefficient (Wildman–Crippen LogP) is 5.15. The average Bonchev–Trinajstić information content (AvgIpc) is 3.05. The van der Waals surface area contributed by atoms with Crippen molar-refractivity contribution < 1.29 is 0 Å². The molecule has 0 bridgehead atoms. The molecule has 4 nitrogen and oxygen atoms in total. The summed E-state index contributed by atoms with van der Waals surface area (Å²) in [5.74, 6) is 2.27. The Balaban J connectivity index is 1.38. The molecular weight excluding hydrogens is 367 g/mol. The summed E-state index contributed by atoms with van der Waals surface area (Å²) >= 11 is 12.1. The molecule has 1 unspecified atom stereocenters. The van der Waals surface area contributed by atoms with Gasteiger partial charge >= 0.3 is 0 Å². The molecule has 0 aliphatic carbocycles. The van der Waals surface area contributed by atoms with E-state index in [1.165, 1.54) is 11.1 Å². The van der Waals surface area contributed by atoms with Crippen LogP contribution in [-0.2, 0) is 13.0 Å². The third-order valence-corrected chi connectivity index (χ3v) is 5.16. The predicted molar refractivity (Wildman–Crippen MR) is 107 cm³/mol. The first-order valence-corrected chi connectivity index (χ1v) is 9.26. The minimum absolute atomic E-state index is 0.437. The number of fused-ring (bicyclic) bond motifs is 1. The van der Waals surface area contributed by atoms with Crippen LogP contribution < -0.4 is 10.6 Å². The number of nitrogens with one attached hydrogen (secondary N) is 2. The van der Waals surface area contributed by atoms with Gasteiger partial charge in [0.2, 0.25) is 0 Å². The van der Waals surface area contributed by atoms with Crippen molar-refractivity contribution in [2.75, 3.05) is 17.2 Å². The van der Waals surface area contributed by atoms with Crippen molar-refractivity contribution in [3.8, 4) is 0 Å². The second kappa shape index (κ2) is 7.52. The van der Waals surface area contributed by atoms with Crippen LogP contribution in [0.4, 0.5) is 11.6 Å². The maximum atomic E-state index is 6.20. The first-order chi connectivity index (χ1) is 12.7. The van der Waals surface area contributed by atoms with E-state index in [1.54, 1.807) is 6.07 Å². The van der Waals surface area contributed by atoms with Gasteiger partial charge in [-0.25, -0.2) is 9.97 Å². The SMILES string of the molecule is Clc1ccc(CNc2ccc(CC3CNc4ncccc43)cn2)c(Cl)c1. The summed E-state index contributed by atoms with van der Waals surface area (Å²) in [6.07, 6.45) is 4.70. The zero-order chi connectivity index (χ0) is 17.9. The quantitative estimate of drug-likeness (QED) is 0.638. The van der Waals surface area contributed by atoms with Gasteiger partial charge in [0.15, 0.2) is 0 Å². The first kappa shape index (κ1) is 17.1. The van der Waals surface area contributed by atoms with E-state index in [1.807, 2.05) is 36.7 Å². The van der Waals surface area contributed by atoms with Gasteiger partial charge in [-0.2, -0.15) is 0 Å². The summed E-state index contributed by atoms with van der Waals surface area (Å²) in [4.78, 5) is 8.90. The molecule has 1 aromatic carbocycles. The molecule has 2 aromatic heterocycles. The normalized spacial score (nSPS) is 15.4. The maximum absolute atomic E-state index is 6.20. The Morgan fingerprint density at radius 2 is 2.04 bits per heavy atom. The van der Waals surface area contributed by atoms with Crippen LogP contribution in [0.3, 0.4) is 0 Å². The number of aromatic nitrogens is 2. The third-order valence-electron chi connectivity index (χ3n) is 4.58. The number of halogens is 2. The Hall–Kier alpha value is -2.30. The van der Waals surface area contributed by atoms with Crippen LogP contribution in [-0.4, -0.2) is 16.5 Å². The van der Waals surface area contributed by atoms with Crippen molar-refractivity contribution in [1.29, 1.82) is 0 Å². The Morgan fingerprint density at radius 1 is 1.12 bits per heavy atom. The highest BCUT2D eigenvalue weighted by molar-refractivity contribution is 6.35. The van der Waals surface area contributed by atoms with Crippen molar-refractivity contribution in [1.82, 2.24) is 9.97 Å². The fraction of sp³-hybridized carbons (Fsp3) is 0.200. The number of hydrogen-bond acceptors (Lipinski definition) is 4. The molecule has 2 N–H and O–H groups in total. The van der Waals surface area contributed by atoms with E-state index >= 15 is 0 Å². The maximum Gasteiger partial charge on any atom is 0.129 e. The second-order valence-electron chi connectivity index (χ2n) is 6.36. The molecule has 3 aromatic rings. The molecule has 3 heterocycles. The van der Waals surface area contributed by atoms with Gasteiger partial charge in [-0.1, -0.05) is 41.4 Å². The largest absolute Gasteiger partial charge is 0.369 e. The zero-order valence-electron chi connectivity index (χ0n) is 14.0. The van der Waals surface area contributed by atoms with Gasteiger partial charge in [0.25, 0.3) is 0 Å². The van der Waals surface area contributed by atoms with E-state index in [0.717, 1.165) is 30.2 Å². The van der Waals surface area contributed by atoms with Crippen molar-refractivity contribution in [3.63, 3.8) is 0 Å². The highest BCUT2D eigenvalue weighted by Gasteiger charge is 2.22. The Kier molecular flexibility index (Phi) is 4.96. The summed E-state index contributed by atoms with van der Waals surface area (Å²) in [5, 5.41) is 7.95. The third kappa shape index (κ3) is 3.76. The van der Waals surface area contributed by atoms with Crippen LogP contribution in [0, 0.1) is 0 Å². The van der Waals surface area contributed by atoms with Gasteiger partial charge < -0.3 is 10.6 Å². The molecule has 0 radical (unpaired) electrons. The number of benzene rings is 1. The van der Waals surface area contributed by atoms with Crippen LogP contribution in [0.1, 0.15) is 22.6 Å². The van der Waals surface area contributed by atoms with Crippen molar-refractivity contribution in [2.45, 2.75) is 18.9 Å². The van der Waals surface area contributed by atoms with E-state index in [4.69, 9.17) is 23.2 Å².